The van der Waals surface area contributed by atoms with Gasteiger partial charge in [-0.05, 0) is 0 Å². The average Bonchev–Trinajstić information content (AvgIpc) is 1.69. The van der Waals surface area contributed by atoms with Crippen molar-refractivity contribution in [1.29, 1.82) is 0 Å². The van der Waals surface area contributed by atoms with E-state index in [0.717, 1.165) is 16.5 Å². The molecule has 0 aliphatic carbocycles. The van der Waals surface area contributed by atoms with Crippen molar-refractivity contribution in [2.45, 2.75) is 13.8 Å². The van der Waals surface area contributed by atoms with Gasteiger partial charge in [0.25, 0.3) is 0 Å². The van der Waals surface area contributed by atoms with Crippen LogP contribution in [0, 0.1) is 0 Å². The van der Waals surface area contributed by atoms with Crippen molar-refractivity contribution in [3.8, 4) is 0 Å². The molecule has 9 heavy (non-hydrogen) atoms. The molecule has 0 N–H and O–H groups in total. The molecule has 48 valence electrons. The zero-order chi connectivity index (χ0) is 6.57. The molecule has 0 unspecified atom stereocenters. The predicted molar refractivity (Wildman–Crippen MR) is 39.4 cm³/mol. The first-order valence-electron chi connectivity index (χ1n) is 2.68. The van der Waals surface area contributed by atoms with Crippen LogP contribution in [0.4, 0.5) is 0 Å². The number of hydrogen-bond donors (Lipinski definition) is 0. The standard InChI is InChI=1S/C5H11NSe2.K/c1-3-6(4-2)5(7)8;/h3-4H2,1-2H3,(H,7,8);/q;+1/p-1. The van der Waals surface area contributed by atoms with Gasteiger partial charge in [0.1, 0.15) is 0 Å². The second-order valence-electron chi connectivity index (χ2n) is 1.44. The first kappa shape index (κ1) is 13.9. The summed E-state index contributed by atoms with van der Waals surface area (Å²) in [5, 5.41) is 0. The van der Waals surface area contributed by atoms with Crippen LogP contribution in [-0.2, 0) is 0 Å². The van der Waals surface area contributed by atoms with E-state index in [2.05, 4.69) is 50.3 Å². The molecule has 0 spiro atoms. The zero-order valence-corrected chi connectivity index (χ0v) is 12.7. The van der Waals surface area contributed by atoms with Gasteiger partial charge in [0.05, 0.1) is 0 Å². The van der Waals surface area contributed by atoms with Gasteiger partial charge in [0, 0.05) is 0 Å². The molecule has 0 saturated heterocycles. The third kappa shape index (κ3) is 6.73. The fraction of sp³-hybridized carbons (Fsp3) is 0.800. The molecule has 0 heterocycles. The van der Waals surface area contributed by atoms with Crippen LogP contribution in [0.15, 0.2) is 0 Å². The third-order valence-electron chi connectivity index (χ3n) is 1.02. The fourth-order valence-corrected chi connectivity index (χ4v) is 1.57. The fourth-order valence-electron chi connectivity index (χ4n) is 0.482. The Morgan fingerprint density at radius 3 is 1.78 bits per heavy atom. The van der Waals surface area contributed by atoms with E-state index in [1.54, 1.807) is 0 Å². The Bertz CT molecular complexity index is 83.0. The Labute approximate surface area is 116 Å². The Morgan fingerprint density at radius 2 is 1.78 bits per heavy atom. The summed E-state index contributed by atoms with van der Waals surface area (Å²) < 4.78 is 1.16. The summed E-state index contributed by atoms with van der Waals surface area (Å²) >= 11 is 5.86. The van der Waals surface area contributed by atoms with Crippen molar-refractivity contribution in [3.63, 3.8) is 0 Å². The van der Waals surface area contributed by atoms with Crippen LogP contribution in [0.3, 0.4) is 0 Å². The van der Waals surface area contributed by atoms with Gasteiger partial charge < -0.3 is 0 Å². The summed E-state index contributed by atoms with van der Waals surface area (Å²) in [6.45, 7) is 6.42. The van der Waals surface area contributed by atoms with Crippen LogP contribution >= 0.6 is 0 Å². The van der Waals surface area contributed by atoms with Crippen LogP contribution < -0.4 is 51.4 Å². The SMILES string of the molecule is CCN(CC)C(=[Se])[Se-].[K+]. The van der Waals surface area contributed by atoms with Gasteiger partial charge in [-0.2, -0.15) is 0 Å². The van der Waals surface area contributed by atoms with Crippen LogP contribution in [0.2, 0.25) is 0 Å². The van der Waals surface area contributed by atoms with Crippen molar-refractivity contribution in [3.05, 3.63) is 0 Å². The number of rotatable bonds is 3. The van der Waals surface area contributed by atoms with Crippen LogP contribution in [0.1, 0.15) is 13.8 Å². The molecule has 0 aliphatic heterocycles. The van der Waals surface area contributed by atoms with E-state index >= 15 is 0 Å². The van der Waals surface area contributed by atoms with Gasteiger partial charge in [-0.3, -0.25) is 0 Å². The molecule has 0 aromatic rings. The minimum absolute atomic E-state index is 0. The zero-order valence-electron chi connectivity index (χ0n) is 6.18. The quantitative estimate of drug-likeness (QED) is 0.491. The maximum Gasteiger partial charge on any atom is 1.00 e. The molecule has 0 fully saturated rings. The largest absolute Gasteiger partial charge is 1.00 e. The number of nitrogens with zero attached hydrogens (tertiary/aromatic N) is 1. The summed E-state index contributed by atoms with van der Waals surface area (Å²) in [4.78, 5) is 2.22. The Hall–Kier alpha value is 2.35. The third-order valence-corrected chi connectivity index (χ3v) is 2.11. The van der Waals surface area contributed by atoms with Crippen molar-refractivity contribution >= 4 is 35.0 Å². The molecule has 4 heteroatoms. The van der Waals surface area contributed by atoms with E-state index in [0.29, 0.717) is 0 Å². The molecule has 0 amide bonds. The topological polar surface area (TPSA) is 3.24 Å². The van der Waals surface area contributed by atoms with Crippen molar-refractivity contribution in [2.75, 3.05) is 13.1 Å². The average molecular weight is 281 g/mol. The molecule has 0 saturated carbocycles. The molecule has 1 nitrogen and oxygen atoms in total. The van der Waals surface area contributed by atoms with Crippen LogP contribution in [-0.4, -0.2) is 53.0 Å². The first-order valence-corrected chi connectivity index (χ1v) is 4.39. The van der Waals surface area contributed by atoms with Gasteiger partial charge in [-0.15, -0.1) is 0 Å². The second kappa shape index (κ2) is 8.44. The number of hydrogen-bond acceptors (Lipinski definition) is 1. The molecule has 0 aromatic heterocycles. The van der Waals surface area contributed by atoms with Gasteiger partial charge in [0.2, 0.25) is 0 Å². The van der Waals surface area contributed by atoms with Crippen LogP contribution in [0.25, 0.3) is 0 Å². The maximum atomic E-state index is 2.93. The molecule has 0 aromatic carbocycles. The summed E-state index contributed by atoms with van der Waals surface area (Å²) in [5.41, 5.74) is 0. The van der Waals surface area contributed by atoms with Gasteiger partial charge in [0.15, 0.2) is 0 Å². The summed E-state index contributed by atoms with van der Waals surface area (Å²) in [6.07, 6.45) is 0. The van der Waals surface area contributed by atoms with E-state index < -0.39 is 0 Å². The molecule has 0 bridgehead atoms. The normalized spacial score (nSPS) is 7.78. The first-order chi connectivity index (χ1) is 3.72. The van der Waals surface area contributed by atoms with Gasteiger partial charge >= 0.3 is 118 Å². The monoisotopic (exact) mass is 283 g/mol. The molecule has 0 atom stereocenters. The molecule has 0 aliphatic rings. The second-order valence-corrected chi connectivity index (χ2v) is 4.37. The van der Waals surface area contributed by atoms with Crippen molar-refractivity contribution < 1.29 is 51.4 Å². The Morgan fingerprint density at radius 1 is 1.44 bits per heavy atom. The van der Waals surface area contributed by atoms with E-state index in [4.69, 9.17) is 0 Å². The molecule has 0 radical (unpaired) electrons. The Balaban J connectivity index is 0. The summed E-state index contributed by atoms with van der Waals surface area (Å²) in [7, 11) is 0. The summed E-state index contributed by atoms with van der Waals surface area (Å²) in [5.74, 6) is 0. The van der Waals surface area contributed by atoms with E-state index in [1.165, 1.54) is 0 Å². The van der Waals surface area contributed by atoms with Crippen LogP contribution in [0.5, 0.6) is 0 Å². The van der Waals surface area contributed by atoms with Crippen molar-refractivity contribution in [2.24, 2.45) is 0 Å². The minimum atomic E-state index is 0. The smallest absolute Gasteiger partial charge is 1.00 e. The van der Waals surface area contributed by atoms with Gasteiger partial charge in [-0.25, -0.2) is 0 Å². The summed E-state index contributed by atoms with van der Waals surface area (Å²) in [6, 6.07) is 0. The molecular weight excluding hydrogens is 271 g/mol. The van der Waals surface area contributed by atoms with Gasteiger partial charge in [-0.1, -0.05) is 0 Å². The molecular formula is C5H10KNSe2. The molecule has 0 rings (SSSR count). The predicted octanol–water partition coefficient (Wildman–Crippen LogP) is -3.24. The maximum absolute atomic E-state index is 2.93. The Kier molecular flexibility index (Phi) is 13.0. The van der Waals surface area contributed by atoms with E-state index in [1.807, 2.05) is 0 Å². The van der Waals surface area contributed by atoms with E-state index in [9.17, 15) is 0 Å². The minimum Gasteiger partial charge on any atom is 1.00 e. The van der Waals surface area contributed by atoms with Crippen molar-refractivity contribution in [1.82, 2.24) is 4.90 Å². The van der Waals surface area contributed by atoms with E-state index in [-0.39, 0.29) is 51.4 Å².